The molecule has 0 fully saturated rings. The smallest absolute Gasteiger partial charge is 0.282 e. The van der Waals surface area contributed by atoms with E-state index in [0.717, 1.165) is 0 Å². The van der Waals surface area contributed by atoms with Gasteiger partial charge < -0.3 is 5.73 Å². The zero-order chi connectivity index (χ0) is 11.3. The summed E-state index contributed by atoms with van der Waals surface area (Å²) in [4.78, 5) is 21.2. The SMILES string of the molecule is NC(=O)CCSc1ccccc1[N+](=O)[O-]. The van der Waals surface area contributed by atoms with Gasteiger partial charge in [-0.1, -0.05) is 12.1 Å². The molecule has 6 heteroatoms. The topological polar surface area (TPSA) is 86.2 Å². The summed E-state index contributed by atoms with van der Waals surface area (Å²) in [5, 5.41) is 10.6. The number of primary amides is 1. The van der Waals surface area contributed by atoms with Gasteiger partial charge in [-0.2, -0.15) is 0 Å². The molecule has 80 valence electrons. The molecule has 2 N–H and O–H groups in total. The number of nitro groups is 1. The molecule has 0 aliphatic heterocycles. The highest BCUT2D eigenvalue weighted by Crippen LogP contribution is 2.28. The fraction of sp³-hybridized carbons (Fsp3) is 0.222. The average Bonchev–Trinajstić information content (AvgIpc) is 2.17. The summed E-state index contributed by atoms with van der Waals surface area (Å²) in [5.41, 5.74) is 5.03. The van der Waals surface area contributed by atoms with Crippen LogP contribution in [-0.4, -0.2) is 16.6 Å². The van der Waals surface area contributed by atoms with Gasteiger partial charge in [0.15, 0.2) is 0 Å². The molecule has 0 radical (unpaired) electrons. The van der Waals surface area contributed by atoms with Crippen LogP contribution in [0.15, 0.2) is 29.2 Å². The van der Waals surface area contributed by atoms with Crippen LogP contribution < -0.4 is 5.73 Å². The van der Waals surface area contributed by atoms with Crippen LogP contribution in [0.1, 0.15) is 6.42 Å². The minimum absolute atomic E-state index is 0.0620. The number of para-hydroxylation sites is 1. The Morgan fingerprint density at radius 3 is 2.73 bits per heavy atom. The number of nitrogens with two attached hydrogens (primary N) is 1. The monoisotopic (exact) mass is 226 g/mol. The van der Waals surface area contributed by atoms with Gasteiger partial charge in [0.1, 0.15) is 0 Å². The highest BCUT2D eigenvalue weighted by atomic mass is 32.2. The van der Waals surface area contributed by atoms with Crippen LogP contribution >= 0.6 is 11.8 Å². The molecule has 15 heavy (non-hydrogen) atoms. The molecule has 0 atom stereocenters. The third-order valence-corrected chi connectivity index (χ3v) is 2.73. The van der Waals surface area contributed by atoms with Crippen LogP contribution in [0.2, 0.25) is 0 Å². The van der Waals surface area contributed by atoms with Crippen molar-refractivity contribution in [3.05, 3.63) is 34.4 Å². The second-order valence-electron chi connectivity index (χ2n) is 2.79. The van der Waals surface area contributed by atoms with E-state index < -0.39 is 10.8 Å². The molecule has 5 nitrogen and oxygen atoms in total. The average molecular weight is 226 g/mol. The first-order valence-corrected chi connectivity index (χ1v) is 5.24. The van der Waals surface area contributed by atoms with Crippen LogP contribution in [-0.2, 0) is 4.79 Å². The second-order valence-corrected chi connectivity index (χ2v) is 3.93. The highest BCUT2D eigenvalue weighted by Gasteiger charge is 2.12. The van der Waals surface area contributed by atoms with Gasteiger partial charge in [0.2, 0.25) is 5.91 Å². The van der Waals surface area contributed by atoms with E-state index in [9.17, 15) is 14.9 Å². The van der Waals surface area contributed by atoms with Crippen molar-refractivity contribution in [3.63, 3.8) is 0 Å². The molecule has 0 aliphatic carbocycles. The van der Waals surface area contributed by atoms with Crippen LogP contribution in [0.5, 0.6) is 0 Å². The van der Waals surface area contributed by atoms with E-state index in [2.05, 4.69) is 0 Å². The van der Waals surface area contributed by atoms with Crippen LogP contribution in [0, 0.1) is 10.1 Å². The zero-order valence-corrected chi connectivity index (χ0v) is 8.70. The van der Waals surface area contributed by atoms with Gasteiger partial charge in [0, 0.05) is 18.2 Å². The molecule has 0 heterocycles. The molecule has 1 aromatic carbocycles. The lowest BCUT2D eigenvalue weighted by Gasteiger charge is -2.00. The number of benzene rings is 1. The highest BCUT2D eigenvalue weighted by molar-refractivity contribution is 7.99. The van der Waals surface area contributed by atoms with Crippen molar-refractivity contribution in [1.82, 2.24) is 0 Å². The van der Waals surface area contributed by atoms with E-state index in [-0.39, 0.29) is 12.1 Å². The first-order chi connectivity index (χ1) is 7.11. The Labute approximate surface area is 90.8 Å². The zero-order valence-electron chi connectivity index (χ0n) is 7.88. The number of hydrogen-bond acceptors (Lipinski definition) is 4. The minimum Gasteiger partial charge on any atom is -0.370 e. The molecule has 1 amide bonds. The lowest BCUT2D eigenvalue weighted by Crippen LogP contribution is -2.10. The molecule has 1 aromatic rings. The largest absolute Gasteiger partial charge is 0.370 e. The summed E-state index contributed by atoms with van der Waals surface area (Å²) >= 11 is 1.26. The second kappa shape index (κ2) is 5.35. The van der Waals surface area contributed by atoms with Crippen molar-refractivity contribution >= 4 is 23.4 Å². The summed E-state index contributed by atoms with van der Waals surface area (Å²) in [5.74, 6) is 0.0567. The summed E-state index contributed by atoms with van der Waals surface area (Å²) in [6, 6.07) is 6.42. The van der Waals surface area contributed by atoms with Gasteiger partial charge in [-0.25, -0.2) is 0 Å². The van der Waals surface area contributed by atoms with Gasteiger partial charge >= 0.3 is 0 Å². The lowest BCUT2D eigenvalue weighted by atomic mass is 10.3. The quantitative estimate of drug-likeness (QED) is 0.469. The number of carbonyl (C=O) groups excluding carboxylic acids is 1. The van der Waals surface area contributed by atoms with E-state index in [4.69, 9.17) is 5.73 Å². The van der Waals surface area contributed by atoms with Crippen molar-refractivity contribution in [2.45, 2.75) is 11.3 Å². The Balaban J connectivity index is 2.67. The predicted octanol–water partition coefficient (Wildman–Crippen LogP) is 1.56. The number of nitro benzene ring substituents is 1. The maximum absolute atomic E-state index is 10.6. The lowest BCUT2D eigenvalue weighted by molar-refractivity contribution is -0.387. The Bertz CT molecular complexity index is 381. The Morgan fingerprint density at radius 1 is 1.47 bits per heavy atom. The molecular weight excluding hydrogens is 216 g/mol. The van der Waals surface area contributed by atoms with E-state index in [1.165, 1.54) is 17.8 Å². The third kappa shape index (κ3) is 3.59. The van der Waals surface area contributed by atoms with Crippen molar-refractivity contribution in [1.29, 1.82) is 0 Å². The van der Waals surface area contributed by atoms with Crippen molar-refractivity contribution in [2.24, 2.45) is 5.73 Å². The number of rotatable bonds is 5. The maximum Gasteiger partial charge on any atom is 0.282 e. The van der Waals surface area contributed by atoms with Gasteiger partial charge in [-0.3, -0.25) is 14.9 Å². The van der Waals surface area contributed by atoms with Crippen LogP contribution in [0.25, 0.3) is 0 Å². The van der Waals surface area contributed by atoms with Crippen LogP contribution in [0.3, 0.4) is 0 Å². The normalized spacial score (nSPS) is 9.87. The first kappa shape index (κ1) is 11.5. The fourth-order valence-electron chi connectivity index (χ4n) is 0.992. The Kier molecular flexibility index (Phi) is 4.11. The summed E-state index contributed by atoms with van der Waals surface area (Å²) in [6.07, 6.45) is 0.219. The van der Waals surface area contributed by atoms with E-state index in [1.807, 2.05) is 0 Å². The molecule has 1 rings (SSSR count). The number of carbonyl (C=O) groups is 1. The minimum atomic E-state index is -0.438. The first-order valence-electron chi connectivity index (χ1n) is 4.26. The summed E-state index contributed by atoms with van der Waals surface area (Å²) in [6.45, 7) is 0. The number of amides is 1. The van der Waals surface area contributed by atoms with E-state index in [0.29, 0.717) is 10.6 Å². The van der Waals surface area contributed by atoms with Crippen molar-refractivity contribution in [2.75, 3.05) is 5.75 Å². The van der Waals surface area contributed by atoms with Crippen molar-refractivity contribution in [3.8, 4) is 0 Å². The molecule has 0 aliphatic rings. The van der Waals surface area contributed by atoms with Crippen LogP contribution in [0.4, 0.5) is 5.69 Å². The molecule has 0 spiro atoms. The summed E-state index contributed by atoms with van der Waals surface area (Å²) < 4.78 is 0. The van der Waals surface area contributed by atoms with Crippen molar-refractivity contribution < 1.29 is 9.72 Å². The number of nitrogens with zero attached hydrogens (tertiary/aromatic N) is 1. The van der Waals surface area contributed by atoms with Gasteiger partial charge in [0.25, 0.3) is 5.69 Å². The third-order valence-electron chi connectivity index (χ3n) is 1.67. The molecule has 0 aromatic heterocycles. The van der Waals surface area contributed by atoms with Gasteiger partial charge in [0.05, 0.1) is 9.82 Å². The molecule has 0 unspecified atom stereocenters. The van der Waals surface area contributed by atoms with Gasteiger partial charge in [-0.15, -0.1) is 11.8 Å². The standard InChI is InChI=1S/C9H10N2O3S/c10-9(12)5-6-15-8-4-2-1-3-7(8)11(13)14/h1-4H,5-6H2,(H2,10,12). The molecule has 0 bridgehead atoms. The molecule has 0 saturated heterocycles. The Morgan fingerprint density at radius 2 is 2.13 bits per heavy atom. The molecule has 0 saturated carbocycles. The van der Waals surface area contributed by atoms with E-state index >= 15 is 0 Å². The predicted molar refractivity (Wildman–Crippen MR) is 57.6 cm³/mol. The summed E-state index contributed by atoms with van der Waals surface area (Å²) in [7, 11) is 0. The maximum atomic E-state index is 10.6. The number of hydrogen-bond donors (Lipinski definition) is 1. The fourth-order valence-corrected chi connectivity index (χ4v) is 1.98. The Hall–Kier alpha value is -1.56. The van der Waals surface area contributed by atoms with E-state index in [1.54, 1.807) is 18.2 Å². The number of thioether (sulfide) groups is 1. The van der Waals surface area contributed by atoms with Gasteiger partial charge in [-0.05, 0) is 6.07 Å². The molecular formula is C9H10N2O3S.